The van der Waals surface area contributed by atoms with E-state index >= 15 is 0 Å². The highest BCUT2D eigenvalue weighted by Gasteiger charge is 2.64. The molecule has 0 amide bonds. The van der Waals surface area contributed by atoms with E-state index < -0.39 is 15.5 Å². The molecular formula is C20H25N3O4S2. The van der Waals surface area contributed by atoms with Crippen molar-refractivity contribution in [3.05, 3.63) is 29.6 Å². The van der Waals surface area contributed by atoms with Crippen molar-refractivity contribution in [1.29, 1.82) is 0 Å². The van der Waals surface area contributed by atoms with E-state index in [1.807, 2.05) is 29.6 Å². The van der Waals surface area contributed by atoms with Crippen LogP contribution in [0.3, 0.4) is 0 Å². The maximum absolute atomic E-state index is 11.7. The van der Waals surface area contributed by atoms with Crippen molar-refractivity contribution in [3.63, 3.8) is 0 Å². The lowest BCUT2D eigenvalue weighted by Gasteiger charge is -2.37. The van der Waals surface area contributed by atoms with Crippen molar-refractivity contribution in [2.24, 2.45) is 21.8 Å². The van der Waals surface area contributed by atoms with Crippen molar-refractivity contribution < 1.29 is 17.7 Å². The standard InChI is InChI=1S/C20H25N3O4S2/c1-19(2)14-8-9-20(19,12-29(24,25)26)17(10-14)22-23-18-21-16(11-28-18)13-4-6-15(27-3)7-5-13/h4-7,11,14H,8-10,12H2,1-3H3,(H,21,23)(H,24,25,26). The van der Waals surface area contributed by atoms with Crippen LogP contribution in [0, 0.1) is 16.7 Å². The summed E-state index contributed by atoms with van der Waals surface area (Å²) in [6.45, 7) is 4.17. The number of benzene rings is 1. The summed E-state index contributed by atoms with van der Waals surface area (Å²) in [5, 5.41) is 7.17. The summed E-state index contributed by atoms with van der Waals surface area (Å²) in [4.78, 5) is 4.58. The molecule has 1 aromatic heterocycles. The monoisotopic (exact) mass is 435 g/mol. The molecule has 2 N–H and O–H groups in total. The van der Waals surface area contributed by atoms with Gasteiger partial charge in [0.15, 0.2) is 0 Å². The summed E-state index contributed by atoms with van der Waals surface area (Å²) in [5.41, 5.74) is 4.80. The molecule has 7 nitrogen and oxygen atoms in total. The van der Waals surface area contributed by atoms with E-state index in [-0.39, 0.29) is 11.2 Å². The van der Waals surface area contributed by atoms with Crippen molar-refractivity contribution in [1.82, 2.24) is 4.98 Å². The van der Waals surface area contributed by atoms with E-state index in [4.69, 9.17) is 4.74 Å². The summed E-state index contributed by atoms with van der Waals surface area (Å²) in [7, 11) is -2.48. The average molecular weight is 436 g/mol. The normalized spacial score (nSPS) is 26.8. The Labute approximate surface area is 175 Å². The van der Waals surface area contributed by atoms with Crippen LogP contribution in [0.25, 0.3) is 11.3 Å². The molecular weight excluding hydrogens is 410 g/mol. The molecule has 2 saturated carbocycles. The van der Waals surface area contributed by atoms with Gasteiger partial charge in [0.25, 0.3) is 10.1 Å². The molecule has 0 aliphatic heterocycles. The van der Waals surface area contributed by atoms with Gasteiger partial charge in [-0.2, -0.15) is 13.5 Å². The average Bonchev–Trinajstić information content (AvgIpc) is 3.28. The molecule has 1 heterocycles. The maximum Gasteiger partial charge on any atom is 0.265 e. The third-order valence-electron chi connectivity index (χ3n) is 6.77. The summed E-state index contributed by atoms with van der Waals surface area (Å²) < 4.78 is 38.2. The summed E-state index contributed by atoms with van der Waals surface area (Å²) in [6, 6.07) is 7.67. The quantitative estimate of drug-likeness (QED) is 0.518. The highest BCUT2D eigenvalue weighted by molar-refractivity contribution is 7.85. The predicted octanol–water partition coefficient (Wildman–Crippen LogP) is 4.30. The fourth-order valence-corrected chi connectivity index (χ4v) is 6.90. The van der Waals surface area contributed by atoms with Crippen LogP contribution in [0.4, 0.5) is 5.13 Å². The molecule has 0 saturated heterocycles. The predicted molar refractivity (Wildman–Crippen MR) is 115 cm³/mol. The van der Waals surface area contributed by atoms with Crippen LogP contribution in [-0.2, 0) is 10.1 Å². The molecule has 2 aromatic rings. The fourth-order valence-electron chi connectivity index (χ4n) is 4.94. The number of nitrogens with one attached hydrogen (secondary N) is 1. The Morgan fingerprint density at radius 1 is 1.34 bits per heavy atom. The summed E-state index contributed by atoms with van der Waals surface area (Å²) >= 11 is 1.44. The minimum absolute atomic E-state index is 0.222. The Kier molecular flexibility index (Phi) is 4.95. The van der Waals surface area contributed by atoms with Gasteiger partial charge in [0.2, 0.25) is 5.13 Å². The number of thiazole rings is 1. The Morgan fingerprint density at radius 3 is 2.69 bits per heavy atom. The highest BCUT2D eigenvalue weighted by Crippen LogP contribution is 2.64. The molecule has 9 heteroatoms. The van der Waals surface area contributed by atoms with E-state index in [0.29, 0.717) is 11.0 Å². The molecule has 4 rings (SSSR count). The number of anilines is 1. The van der Waals surface area contributed by atoms with Crippen molar-refractivity contribution in [3.8, 4) is 17.0 Å². The molecule has 0 radical (unpaired) electrons. The highest BCUT2D eigenvalue weighted by atomic mass is 32.2. The van der Waals surface area contributed by atoms with Crippen molar-refractivity contribution in [2.75, 3.05) is 18.3 Å². The lowest BCUT2D eigenvalue weighted by Crippen LogP contribution is -2.42. The van der Waals surface area contributed by atoms with Crippen molar-refractivity contribution in [2.45, 2.75) is 33.1 Å². The SMILES string of the molecule is COc1ccc(-c2csc(NN=C3CC4CCC3(CS(=O)(=O)O)C4(C)C)n2)cc1. The Balaban J connectivity index is 1.57. The molecule has 156 valence electrons. The fraction of sp³-hybridized carbons (Fsp3) is 0.500. The second-order valence-electron chi connectivity index (χ2n) is 8.41. The zero-order valence-electron chi connectivity index (χ0n) is 16.7. The first kappa shape index (κ1) is 20.3. The largest absolute Gasteiger partial charge is 0.497 e. The van der Waals surface area contributed by atoms with Gasteiger partial charge in [0, 0.05) is 22.1 Å². The molecule has 0 spiro atoms. The Bertz CT molecular complexity index is 1040. The zero-order valence-corrected chi connectivity index (χ0v) is 18.3. The van der Waals surface area contributed by atoms with Crippen LogP contribution in [0.2, 0.25) is 0 Å². The first-order valence-electron chi connectivity index (χ1n) is 9.53. The number of aromatic nitrogens is 1. The Hall–Kier alpha value is -1.97. The van der Waals surface area contributed by atoms with Gasteiger partial charge >= 0.3 is 0 Å². The molecule has 29 heavy (non-hydrogen) atoms. The lowest BCUT2D eigenvalue weighted by atomic mass is 9.70. The Morgan fingerprint density at radius 2 is 2.07 bits per heavy atom. The number of hydrazone groups is 1. The molecule has 1 aromatic carbocycles. The third kappa shape index (κ3) is 3.55. The van der Waals surface area contributed by atoms with Crippen LogP contribution < -0.4 is 10.2 Å². The minimum Gasteiger partial charge on any atom is -0.497 e. The van der Waals surface area contributed by atoms with Gasteiger partial charge in [-0.1, -0.05) is 13.8 Å². The molecule has 2 aliphatic carbocycles. The summed E-state index contributed by atoms with van der Waals surface area (Å²) in [6.07, 6.45) is 2.42. The number of hydrogen-bond donors (Lipinski definition) is 2. The van der Waals surface area contributed by atoms with Gasteiger partial charge in [-0.15, -0.1) is 11.3 Å². The van der Waals surface area contributed by atoms with Crippen molar-refractivity contribution >= 4 is 32.3 Å². The maximum atomic E-state index is 11.7. The molecule has 2 unspecified atom stereocenters. The van der Waals surface area contributed by atoms with E-state index in [1.54, 1.807) is 7.11 Å². The van der Waals surface area contributed by atoms with Crippen LogP contribution >= 0.6 is 11.3 Å². The molecule has 2 aliphatic rings. The number of nitrogens with zero attached hydrogens (tertiary/aromatic N) is 2. The molecule has 2 atom stereocenters. The molecule has 2 bridgehead atoms. The van der Waals surface area contributed by atoms with E-state index in [0.717, 1.165) is 42.0 Å². The van der Waals surface area contributed by atoms with E-state index in [9.17, 15) is 13.0 Å². The number of hydrogen-bond acceptors (Lipinski definition) is 7. The van der Waals surface area contributed by atoms with E-state index in [2.05, 4.69) is 29.4 Å². The van der Waals surface area contributed by atoms with Gasteiger partial charge < -0.3 is 4.74 Å². The number of ether oxygens (including phenoxy) is 1. The van der Waals surface area contributed by atoms with Gasteiger partial charge in [0.05, 0.1) is 18.6 Å². The van der Waals surface area contributed by atoms with Gasteiger partial charge in [-0.25, -0.2) is 4.98 Å². The van der Waals surface area contributed by atoms with Gasteiger partial charge in [-0.3, -0.25) is 9.98 Å². The second kappa shape index (κ2) is 7.07. The van der Waals surface area contributed by atoms with E-state index in [1.165, 1.54) is 11.3 Å². The first-order chi connectivity index (χ1) is 13.6. The molecule has 2 fully saturated rings. The zero-order chi connectivity index (χ0) is 20.9. The lowest BCUT2D eigenvalue weighted by molar-refractivity contribution is 0.193. The van der Waals surface area contributed by atoms with Crippen LogP contribution in [-0.4, -0.2) is 36.5 Å². The minimum atomic E-state index is -4.11. The number of methoxy groups -OCH3 is 1. The third-order valence-corrected chi connectivity index (χ3v) is 8.38. The van der Waals surface area contributed by atoms with Crippen LogP contribution in [0.5, 0.6) is 5.75 Å². The number of fused-ring (bicyclic) bond motifs is 2. The summed E-state index contributed by atoms with van der Waals surface area (Å²) in [5.74, 6) is 0.881. The van der Waals surface area contributed by atoms with Crippen LogP contribution in [0.15, 0.2) is 34.7 Å². The van der Waals surface area contributed by atoms with Gasteiger partial charge in [0.1, 0.15) is 5.75 Å². The smallest absolute Gasteiger partial charge is 0.265 e. The number of rotatable bonds is 6. The van der Waals surface area contributed by atoms with Gasteiger partial charge in [-0.05, 0) is 54.9 Å². The second-order valence-corrected chi connectivity index (χ2v) is 10.7. The first-order valence-corrected chi connectivity index (χ1v) is 12.0. The topological polar surface area (TPSA) is 101 Å². The van der Waals surface area contributed by atoms with Crippen LogP contribution in [0.1, 0.15) is 33.1 Å².